The van der Waals surface area contributed by atoms with Crippen LogP contribution in [0.5, 0.6) is 0 Å². The normalized spacial score (nSPS) is 14.8. The molecule has 0 aliphatic rings. The van der Waals surface area contributed by atoms with E-state index in [-0.39, 0.29) is 5.41 Å². The van der Waals surface area contributed by atoms with Gasteiger partial charge in [-0.25, -0.2) is 0 Å². The monoisotopic (exact) mass is 277 g/mol. The van der Waals surface area contributed by atoms with Crippen LogP contribution >= 0.6 is 0 Å². The van der Waals surface area contributed by atoms with Gasteiger partial charge in [0.05, 0.1) is 11.7 Å². The van der Waals surface area contributed by atoms with Crippen LogP contribution in [0.1, 0.15) is 59.2 Å². The Morgan fingerprint density at radius 3 is 2.55 bits per heavy atom. The van der Waals surface area contributed by atoms with Crippen LogP contribution in [0.2, 0.25) is 0 Å². The van der Waals surface area contributed by atoms with Crippen molar-refractivity contribution in [3.05, 3.63) is 30.6 Å². The van der Waals surface area contributed by atoms with Gasteiger partial charge in [0, 0.05) is 30.6 Å². The molecule has 1 rings (SSSR count). The fourth-order valence-electron chi connectivity index (χ4n) is 2.40. The molecule has 114 valence electrons. The van der Waals surface area contributed by atoms with Crippen molar-refractivity contribution in [2.45, 2.75) is 66.0 Å². The first kappa shape index (κ1) is 17.0. The summed E-state index contributed by atoms with van der Waals surface area (Å²) in [6, 6.07) is 3.17. The van der Waals surface area contributed by atoms with Gasteiger partial charge in [0.25, 0.3) is 0 Å². The molecule has 0 aliphatic carbocycles. The third-order valence-electron chi connectivity index (χ3n) is 3.97. The zero-order valence-corrected chi connectivity index (χ0v) is 13.8. The van der Waals surface area contributed by atoms with E-state index in [1.807, 2.05) is 0 Å². The molecule has 3 nitrogen and oxygen atoms in total. The molecule has 20 heavy (non-hydrogen) atoms. The summed E-state index contributed by atoms with van der Waals surface area (Å²) in [7, 11) is 0. The van der Waals surface area contributed by atoms with E-state index < -0.39 is 0 Å². The fourth-order valence-corrected chi connectivity index (χ4v) is 2.40. The third-order valence-corrected chi connectivity index (χ3v) is 3.97. The molecule has 0 bridgehead atoms. The standard InChI is InChI=1S/C17H31N3/c1-7-16(8-2)20-11-10-15(19-20)12-17(6,9-3)13-18-14(4)5/h9-11,14,16,18H,3,7-8,12-13H2,1-2,4-6H3. The van der Waals surface area contributed by atoms with Crippen molar-refractivity contribution >= 4 is 0 Å². The molecular weight excluding hydrogens is 246 g/mol. The van der Waals surface area contributed by atoms with Crippen LogP contribution in [0, 0.1) is 5.41 Å². The Morgan fingerprint density at radius 1 is 1.40 bits per heavy atom. The van der Waals surface area contributed by atoms with Gasteiger partial charge in [-0.2, -0.15) is 5.10 Å². The average molecular weight is 277 g/mol. The van der Waals surface area contributed by atoms with Gasteiger partial charge in [-0.1, -0.05) is 40.7 Å². The lowest BCUT2D eigenvalue weighted by Gasteiger charge is -2.26. The quantitative estimate of drug-likeness (QED) is 0.692. The van der Waals surface area contributed by atoms with Crippen LogP contribution < -0.4 is 5.32 Å². The van der Waals surface area contributed by atoms with Gasteiger partial charge in [0.2, 0.25) is 0 Å². The fraction of sp³-hybridized carbons (Fsp3) is 0.706. The van der Waals surface area contributed by atoms with E-state index in [2.05, 4.69) is 69.5 Å². The SMILES string of the molecule is C=CC(C)(CNC(C)C)Cc1ccn(C(CC)CC)n1. The Morgan fingerprint density at radius 2 is 2.05 bits per heavy atom. The molecule has 0 aliphatic heterocycles. The molecular formula is C17H31N3. The largest absolute Gasteiger partial charge is 0.314 e. The lowest BCUT2D eigenvalue weighted by molar-refractivity contribution is 0.364. The maximum Gasteiger partial charge on any atom is 0.0633 e. The highest BCUT2D eigenvalue weighted by molar-refractivity contribution is 5.08. The molecule has 0 saturated carbocycles. The summed E-state index contributed by atoms with van der Waals surface area (Å²) >= 11 is 0. The van der Waals surface area contributed by atoms with Crippen LogP contribution in [0.25, 0.3) is 0 Å². The molecule has 1 atom stereocenters. The number of hydrogen-bond acceptors (Lipinski definition) is 2. The second kappa shape index (κ2) is 7.63. The van der Waals surface area contributed by atoms with E-state index in [0.717, 1.165) is 31.5 Å². The summed E-state index contributed by atoms with van der Waals surface area (Å²) in [5, 5.41) is 8.26. The molecule has 1 N–H and O–H groups in total. The van der Waals surface area contributed by atoms with Crippen molar-refractivity contribution in [2.75, 3.05) is 6.54 Å². The average Bonchev–Trinajstić information content (AvgIpc) is 2.86. The zero-order chi connectivity index (χ0) is 15.2. The summed E-state index contributed by atoms with van der Waals surface area (Å²) in [6.07, 6.45) is 7.37. The van der Waals surface area contributed by atoms with Crippen molar-refractivity contribution in [3.8, 4) is 0 Å². The van der Waals surface area contributed by atoms with E-state index in [1.54, 1.807) is 0 Å². The Hall–Kier alpha value is -1.09. The van der Waals surface area contributed by atoms with Crippen LogP contribution in [0.4, 0.5) is 0 Å². The Labute approximate surface area is 124 Å². The number of nitrogens with zero attached hydrogens (tertiary/aromatic N) is 2. The molecule has 1 heterocycles. The van der Waals surface area contributed by atoms with Crippen molar-refractivity contribution < 1.29 is 0 Å². The van der Waals surface area contributed by atoms with Crippen LogP contribution in [-0.2, 0) is 6.42 Å². The summed E-state index contributed by atoms with van der Waals surface area (Å²) in [5.41, 5.74) is 1.21. The lowest BCUT2D eigenvalue weighted by atomic mass is 9.85. The van der Waals surface area contributed by atoms with Gasteiger partial charge in [-0.05, 0) is 18.9 Å². The number of hydrogen-bond donors (Lipinski definition) is 1. The van der Waals surface area contributed by atoms with Gasteiger partial charge >= 0.3 is 0 Å². The molecule has 3 heteroatoms. The van der Waals surface area contributed by atoms with E-state index in [9.17, 15) is 0 Å². The minimum absolute atomic E-state index is 0.0530. The summed E-state index contributed by atoms with van der Waals surface area (Å²) in [6.45, 7) is 16.0. The van der Waals surface area contributed by atoms with Crippen molar-refractivity contribution in [2.24, 2.45) is 5.41 Å². The highest BCUT2D eigenvalue weighted by Crippen LogP contribution is 2.23. The van der Waals surface area contributed by atoms with Gasteiger partial charge < -0.3 is 5.32 Å². The van der Waals surface area contributed by atoms with Gasteiger partial charge in [-0.3, -0.25) is 4.68 Å². The maximum absolute atomic E-state index is 4.75. The maximum atomic E-state index is 4.75. The predicted octanol–water partition coefficient (Wildman–Crippen LogP) is 3.98. The molecule has 1 aromatic rings. The first-order valence-corrected chi connectivity index (χ1v) is 7.85. The molecule has 0 spiro atoms. The Kier molecular flexibility index (Phi) is 6.47. The zero-order valence-electron chi connectivity index (χ0n) is 13.8. The number of aromatic nitrogens is 2. The summed E-state index contributed by atoms with van der Waals surface area (Å²) < 4.78 is 2.12. The van der Waals surface area contributed by atoms with Crippen molar-refractivity contribution in [1.29, 1.82) is 0 Å². The van der Waals surface area contributed by atoms with Crippen molar-refractivity contribution in [1.82, 2.24) is 15.1 Å². The minimum Gasteiger partial charge on any atom is -0.314 e. The minimum atomic E-state index is 0.0530. The molecule has 0 radical (unpaired) electrons. The Bertz CT molecular complexity index is 404. The number of rotatable bonds is 9. The second-order valence-corrected chi connectivity index (χ2v) is 6.33. The van der Waals surface area contributed by atoms with Gasteiger partial charge in [-0.15, -0.1) is 6.58 Å². The molecule has 1 unspecified atom stereocenters. The second-order valence-electron chi connectivity index (χ2n) is 6.33. The lowest BCUT2D eigenvalue weighted by Crippen LogP contribution is -2.36. The highest BCUT2D eigenvalue weighted by Gasteiger charge is 2.22. The topological polar surface area (TPSA) is 29.9 Å². The summed E-state index contributed by atoms with van der Waals surface area (Å²) in [4.78, 5) is 0. The smallest absolute Gasteiger partial charge is 0.0633 e. The Balaban J connectivity index is 2.72. The van der Waals surface area contributed by atoms with Crippen molar-refractivity contribution in [3.63, 3.8) is 0 Å². The van der Waals surface area contributed by atoms with Crippen LogP contribution in [0.15, 0.2) is 24.9 Å². The molecule has 1 aromatic heterocycles. The van der Waals surface area contributed by atoms with Gasteiger partial charge in [0.15, 0.2) is 0 Å². The van der Waals surface area contributed by atoms with E-state index >= 15 is 0 Å². The van der Waals surface area contributed by atoms with Crippen LogP contribution in [0.3, 0.4) is 0 Å². The van der Waals surface area contributed by atoms with Crippen LogP contribution in [-0.4, -0.2) is 22.4 Å². The molecule has 0 fully saturated rings. The molecule has 0 amide bonds. The third kappa shape index (κ3) is 4.78. The summed E-state index contributed by atoms with van der Waals surface area (Å²) in [5.74, 6) is 0. The van der Waals surface area contributed by atoms with Gasteiger partial charge in [0.1, 0.15) is 0 Å². The molecule has 0 aromatic carbocycles. The van der Waals surface area contributed by atoms with E-state index in [1.165, 1.54) is 0 Å². The highest BCUT2D eigenvalue weighted by atomic mass is 15.3. The van der Waals surface area contributed by atoms with E-state index in [4.69, 9.17) is 5.10 Å². The predicted molar refractivity (Wildman–Crippen MR) is 87.0 cm³/mol. The molecule has 0 saturated heterocycles. The first-order chi connectivity index (χ1) is 9.44. The first-order valence-electron chi connectivity index (χ1n) is 7.85. The number of nitrogens with one attached hydrogen (secondary N) is 1. The van der Waals surface area contributed by atoms with E-state index in [0.29, 0.717) is 12.1 Å².